The summed E-state index contributed by atoms with van der Waals surface area (Å²) in [6.45, 7) is 1.57. The van der Waals surface area contributed by atoms with Gasteiger partial charge in [-0.15, -0.1) is 0 Å². The minimum absolute atomic E-state index is 0.0918. The molecule has 0 unspecified atom stereocenters. The van der Waals surface area contributed by atoms with Crippen molar-refractivity contribution < 1.29 is 4.39 Å². The van der Waals surface area contributed by atoms with Gasteiger partial charge in [0.25, 0.3) is 0 Å². The van der Waals surface area contributed by atoms with Crippen LogP contribution >= 0.6 is 0 Å². The largest absolute Gasteiger partial charge is 0.396 e. The average Bonchev–Trinajstić information content (AvgIpc) is 3.14. The molecule has 1 aliphatic heterocycles. The highest BCUT2D eigenvalue weighted by atomic mass is 19.1. The van der Waals surface area contributed by atoms with Gasteiger partial charge in [-0.05, 0) is 37.0 Å². The molecule has 0 spiro atoms. The van der Waals surface area contributed by atoms with Crippen LogP contribution in [0.2, 0.25) is 0 Å². The molecular weight excluding hydrogens is 369 g/mol. The minimum Gasteiger partial charge on any atom is -0.396 e. The molecule has 3 heterocycles. The van der Waals surface area contributed by atoms with Crippen molar-refractivity contribution in [2.75, 3.05) is 23.7 Å². The number of benzene rings is 1. The molecule has 1 fully saturated rings. The van der Waals surface area contributed by atoms with E-state index in [0.29, 0.717) is 28.5 Å². The van der Waals surface area contributed by atoms with Crippen LogP contribution in [0.25, 0.3) is 11.3 Å². The summed E-state index contributed by atoms with van der Waals surface area (Å²) in [5.74, 6) is 6.18. The Morgan fingerprint density at radius 3 is 2.66 bits per heavy atom. The Labute approximate surface area is 168 Å². The molecule has 0 bridgehead atoms. The van der Waals surface area contributed by atoms with E-state index in [-0.39, 0.29) is 11.7 Å². The first-order valence-electron chi connectivity index (χ1n) is 9.44. The number of anilines is 2. The van der Waals surface area contributed by atoms with Crippen molar-refractivity contribution in [2.24, 2.45) is 12.8 Å². The van der Waals surface area contributed by atoms with Crippen LogP contribution in [0.4, 0.5) is 16.0 Å². The first kappa shape index (κ1) is 18.9. The lowest BCUT2D eigenvalue weighted by atomic mass is 10.1. The summed E-state index contributed by atoms with van der Waals surface area (Å²) in [5.41, 5.74) is 14.1. The van der Waals surface area contributed by atoms with Crippen molar-refractivity contribution in [2.45, 2.75) is 18.9 Å². The molecule has 148 valence electrons. The van der Waals surface area contributed by atoms with E-state index in [2.05, 4.69) is 26.8 Å². The van der Waals surface area contributed by atoms with Gasteiger partial charge in [-0.3, -0.25) is 4.68 Å². The number of nitrogens with zero attached hydrogens (tertiary/aromatic N) is 5. The Kier molecular flexibility index (Phi) is 5.14. The number of nitrogen functional groups attached to an aromatic ring is 1. The third kappa shape index (κ3) is 4.20. The first-order chi connectivity index (χ1) is 14.0. The third-order valence-electron chi connectivity index (χ3n) is 4.91. The lowest BCUT2D eigenvalue weighted by Gasteiger charge is -2.30. The topological polar surface area (TPSA) is 98.9 Å². The Balaban J connectivity index is 1.75. The summed E-state index contributed by atoms with van der Waals surface area (Å²) >= 11 is 0. The second kappa shape index (κ2) is 7.89. The highest BCUT2D eigenvalue weighted by Gasteiger charge is 2.20. The molecule has 0 radical (unpaired) electrons. The Hall–Kier alpha value is -3.44. The van der Waals surface area contributed by atoms with E-state index in [1.807, 2.05) is 19.3 Å². The average molecular weight is 391 g/mol. The van der Waals surface area contributed by atoms with Crippen LogP contribution in [-0.4, -0.2) is 38.9 Å². The SMILES string of the molecule is Cn1ccc(C#Cc2cnc(N3CCC(N)CC3)nc2-c2ccc(N)c(F)c2)n1. The summed E-state index contributed by atoms with van der Waals surface area (Å²) in [4.78, 5) is 11.3. The Bertz CT molecular complexity index is 1090. The third-order valence-corrected chi connectivity index (χ3v) is 4.91. The minimum atomic E-state index is -0.491. The number of hydrogen-bond acceptors (Lipinski definition) is 6. The lowest BCUT2D eigenvalue weighted by Crippen LogP contribution is -2.40. The number of rotatable bonds is 2. The summed E-state index contributed by atoms with van der Waals surface area (Å²) < 4.78 is 15.8. The molecule has 0 aliphatic carbocycles. The van der Waals surface area contributed by atoms with Crippen LogP contribution in [0.3, 0.4) is 0 Å². The molecule has 2 aromatic heterocycles. The number of nitrogens with two attached hydrogens (primary N) is 2. The van der Waals surface area contributed by atoms with Gasteiger partial charge in [0.15, 0.2) is 0 Å². The lowest BCUT2D eigenvalue weighted by molar-refractivity contribution is 0.495. The summed E-state index contributed by atoms with van der Waals surface area (Å²) in [6, 6.07) is 6.67. The molecular formula is C21H22FN7. The molecule has 4 rings (SSSR count). The maximum Gasteiger partial charge on any atom is 0.225 e. The van der Waals surface area contributed by atoms with Gasteiger partial charge in [0.2, 0.25) is 5.95 Å². The molecule has 29 heavy (non-hydrogen) atoms. The standard InChI is InChI=1S/C21H22FN7/c1-28-9-8-17(27-28)4-2-15-13-25-21(29-10-6-16(23)7-11-29)26-20(15)14-3-5-19(24)18(22)12-14/h3,5,8-9,12-13,16H,6-7,10-11,23-24H2,1H3. The summed E-state index contributed by atoms with van der Waals surface area (Å²) in [5, 5.41) is 4.26. The molecule has 0 amide bonds. The zero-order chi connectivity index (χ0) is 20.4. The number of halogens is 1. The van der Waals surface area contributed by atoms with E-state index in [4.69, 9.17) is 16.5 Å². The van der Waals surface area contributed by atoms with Crippen LogP contribution in [0.1, 0.15) is 24.1 Å². The fourth-order valence-corrected chi connectivity index (χ4v) is 3.22. The fraction of sp³-hybridized carbons (Fsp3) is 0.286. The molecule has 1 saturated heterocycles. The van der Waals surface area contributed by atoms with Crippen LogP contribution in [0.5, 0.6) is 0 Å². The van der Waals surface area contributed by atoms with Gasteiger partial charge in [0.1, 0.15) is 11.5 Å². The van der Waals surface area contributed by atoms with E-state index >= 15 is 0 Å². The van der Waals surface area contributed by atoms with E-state index < -0.39 is 5.82 Å². The highest BCUT2D eigenvalue weighted by Crippen LogP contribution is 2.26. The second-order valence-corrected chi connectivity index (χ2v) is 7.12. The Morgan fingerprint density at radius 1 is 1.17 bits per heavy atom. The van der Waals surface area contributed by atoms with Crippen molar-refractivity contribution >= 4 is 11.6 Å². The predicted molar refractivity (Wildman–Crippen MR) is 110 cm³/mol. The van der Waals surface area contributed by atoms with Crippen molar-refractivity contribution in [3.8, 4) is 23.1 Å². The van der Waals surface area contributed by atoms with E-state index in [9.17, 15) is 4.39 Å². The quantitative estimate of drug-likeness (QED) is 0.512. The fourth-order valence-electron chi connectivity index (χ4n) is 3.22. The van der Waals surface area contributed by atoms with Gasteiger partial charge in [-0.1, -0.05) is 12.0 Å². The first-order valence-corrected chi connectivity index (χ1v) is 9.44. The van der Waals surface area contributed by atoms with Gasteiger partial charge in [-0.25, -0.2) is 14.4 Å². The van der Waals surface area contributed by atoms with Crippen LogP contribution in [0, 0.1) is 17.7 Å². The van der Waals surface area contributed by atoms with Gasteiger partial charge in [0, 0.05) is 44.1 Å². The van der Waals surface area contributed by atoms with E-state index in [1.54, 1.807) is 16.9 Å². The van der Waals surface area contributed by atoms with E-state index in [1.165, 1.54) is 12.1 Å². The molecule has 1 aliphatic rings. The molecule has 0 saturated carbocycles. The molecule has 0 atom stereocenters. The highest BCUT2D eigenvalue weighted by molar-refractivity contribution is 5.70. The van der Waals surface area contributed by atoms with Gasteiger partial charge < -0.3 is 16.4 Å². The molecule has 7 nitrogen and oxygen atoms in total. The number of piperidine rings is 1. The number of aromatic nitrogens is 4. The summed E-state index contributed by atoms with van der Waals surface area (Å²) in [7, 11) is 1.83. The van der Waals surface area contributed by atoms with Crippen molar-refractivity contribution in [1.29, 1.82) is 0 Å². The van der Waals surface area contributed by atoms with Gasteiger partial charge in [0.05, 0.1) is 16.9 Å². The van der Waals surface area contributed by atoms with Crippen molar-refractivity contribution in [3.63, 3.8) is 0 Å². The van der Waals surface area contributed by atoms with Crippen LogP contribution < -0.4 is 16.4 Å². The van der Waals surface area contributed by atoms with Gasteiger partial charge >= 0.3 is 0 Å². The van der Waals surface area contributed by atoms with Crippen molar-refractivity contribution in [3.05, 3.63) is 53.7 Å². The molecule has 3 aromatic rings. The summed E-state index contributed by atoms with van der Waals surface area (Å²) in [6.07, 6.45) is 5.27. The Morgan fingerprint density at radius 2 is 1.97 bits per heavy atom. The van der Waals surface area contributed by atoms with E-state index in [0.717, 1.165) is 25.9 Å². The number of aryl methyl sites for hydroxylation is 1. The molecule has 8 heteroatoms. The number of hydrogen-bond donors (Lipinski definition) is 2. The predicted octanol–water partition coefficient (Wildman–Crippen LogP) is 1.93. The molecule has 4 N–H and O–H groups in total. The van der Waals surface area contributed by atoms with Crippen LogP contribution in [-0.2, 0) is 7.05 Å². The zero-order valence-electron chi connectivity index (χ0n) is 16.1. The monoisotopic (exact) mass is 391 g/mol. The normalized spacial score (nSPS) is 14.5. The smallest absolute Gasteiger partial charge is 0.225 e. The zero-order valence-corrected chi connectivity index (χ0v) is 16.1. The second-order valence-electron chi connectivity index (χ2n) is 7.12. The maximum atomic E-state index is 14.1. The van der Waals surface area contributed by atoms with Crippen LogP contribution in [0.15, 0.2) is 36.7 Å². The van der Waals surface area contributed by atoms with Crippen molar-refractivity contribution in [1.82, 2.24) is 19.7 Å². The van der Waals surface area contributed by atoms with Gasteiger partial charge in [-0.2, -0.15) is 5.10 Å². The maximum absolute atomic E-state index is 14.1. The molecule has 1 aromatic carbocycles.